The third-order valence-electron chi connectivity index (χ3n) is 2.40. The number of carbonyl (C=O) groups excluding carboxylic acids is 3. The second-order valence-corrected chi connectivity index (χ2v) is 5.29. The lowest BCUT2D eigenvalue weighted by Gasteiger charge is -2.20. The predicted octanol–water partition coefficient (Wildman–Crippen LogP) is -2.22. The van der Waals surface area contributed by atoms with Gasteiger partial charge in [0.15, 0.2) is 7.12 Å². The largest absolute Gasteiger partial charge is 0.391 e. The summed E-state index contributed by atoms with van der Waals surface area (Å²) < 4.78 is 0. The number of nitrogens with one attached hydrogen (secondary N) is 3. The molecule has 0 aliphatic heterocycles. The highest BCUT2D eigenvalue weighted by atomic mass is 32.2. The van der Waals surface area contributed by atoms with Crippen LogP contribution < -0.4 is 16.0 Å². The van der Waals surface area contributed by atoms with Crippen molar-refractivity contribution >= 4 is 36.5 Å². The molecule has 0 saturated carbocycles. The third-order valence-corrected chi connectivity index (χ3v) is 3.02. The molecule has 0 unspecified atom stereocenters. The zero-order chi connectivity index (χ0) is 15.5. The van der Waals surface area contributed by atoms with Gasteiger partial charge in [0, 0.05) is 26.4 Å². The monoisotopic (exact) mass is 303 g/mol. The Bertz CT molecular complexity index is 342. The molecule has 0 aliphatic carbocycles. The van der Waals surface area contributed by atoms with Gasteiger partial charge in [-0.05, 0) is 12.7 Å². The Hall–Kier alpha value is -1.22. The van der Waals surface area contributed by atoms with E-state index in [1.165, 1.54) is 13.8 Å². The van der Waals surface area contributed by atoms with Crippen LogP contribution in [0, 0.1) is 0 Å². The van der Waals surface area contributed by atoms with Gasteiger partial charge in [0.2, 0.25) is 17.7 Å². The normalized spacial score (nSPS) is 13.2. The minimum absolute atomic E-state index is 0.0671. The average molecular weight is 303 g/mol. The fourth-order valence-corrected chi connectivity index (χ4v) is 1.79. The highest BCUT2D eigenvalue weighted by Crippen LogP contribution is 1.94. The van der Waals surface area contributed by atoms with Crippen LogP contribution in [0.1, 0.15) is 20.3 Å². The van der Waals surface area contributed by atoms with Crippen LogP contribution in [-0.4, -0.2) is 60.9 Å². The lowest BCUT2D eigenvalue weighted by Crippen LogP contribution is -2.52. The fraction of sp³-hybridized carbons (Fsp3) is 0.727. The predicted molar refractivity (Wildman–Crippen MR) is 80.9 cm³/mol. The maximum absolute atomic E-state index is 11.7. The summed E-state index contributed by atoms with van der Waals surface area (Å²) >= 11 is 1.59. The zero-order valence-corrected chi connectivity index (χ0v) is 12.9. The molecule has 0 aromatic rings. The van der Waals surface area contributed by atoms with E-state index in [-0.39, 0.29) is 12.5 Å². The van der Waals surface area contributed by atoms with Crippen LogP contribution in [0.5, 0.6) is 0 Å². The van der Waals surface area contributed by atoms with Crippen LogP contribution in [0.25, 0.3) is 0 Å². The number of hydrogen-bond acceptors (Lipinski definition) is 5. The van der Waals surface area contributed by atoms with Crippen LogP contribution in [0.2, 0.25) is 0 Å². The van der Waals surface area contributed by atoms with E-state index in [4.69, 9.17) is 0 Å². The Morgan fingerprint density at radius 1 is 1.25 bits per heavy atom. The van der Waals surface area contributed by atoms with Crippen molar-refractivity contribution in [1.82, 2.24) is 16.0 Å². The minimum Gasteiger partial charge on any atom is -0.391 e. The molecule has 2 atom stereocenters. The van der Waals surface area contributed by atoms with Crippen molar-refractivity contribution in [2.45, 2.75) is 32.4 Å². The van der Waals surface area contributed by atoms with Crippen molar-refractivity contribution in [3.63, 3.8) is 0 Å². The molecule has 0 rings (SSSR count). The number of aliphatic hydroxyl groups excluding tert-OH is 1. The molecule has 0 bridgehead atoms. The molecule has 4 N–H and O–H groups in total. The molecule has 9 heteroatoms. The number of aliphatic hydroxyl groups is 1. The molecule has 0 spiro atoms. The van der Waals surface area contributed by atoms with Crippen molar-refractivity contribution in [3.8, 4) is 0 Å². The molecule has 0 aliphatic rings. The Balaban J connectivity index is 3.95. The zero-order valence-electron chi connectivity index (χ0n) is 12.1. The van der Waals surface area contributed by atoms with Gasteiger partial charge in [0.25, 0.3) is 0 Å². The van der Waals surface area contributed by atoms with Crippen LogP contribution in [0.15, 0.2) is 0 Å². The van der Waals surface area contributed by atoms with Gasteiger partial charge in [-0.3, -0.25) is 14.4 Å². The van der Waals surface area contributed by atoms with Crippen LogP contribution in [-0.2, 0) is 14.4 Å². The van der Waals surface area contributed by atoms with E-state index >= 15 is 0 Å². The number of hydrogen-bond donors (Lipinski definition) is 4. The summed E-state index contributed by atoms with van der Waals surface area (Å²) in [6.45, 7) is 3.25. The van der Waals surface area contributed by atoms with E-state index in [0.29, 0.717) is 13.0 Å². The SMILES string of the molecule is BSCCC(=O)NCCNC(=O)[C@@H](NC(C)=O)[C@@H](C)O. The first-order chi connectivity index (χ1) is 9.38. The number of carbonyl (C=O) groups is 3. The number of rotatable bonds is 9. The first kappa shape index (κ1) is 18.8. The van der Waals surface area contributed by atoms with Crippen molar-refractivity contribution in [1.29, 1.82) is 0 Å². The van der Waals surface area contributed by atoms with Crippen molar-refractivity contribution in [2.24, 2.45) is 0 Å². The minimum atomic E-state index is -0.991. The molecule has 20 heavy (non-hydrogen) atoms. The summed E-state index contributed by atoms with van der Waals surface area (Å²) in [4.78, 5) is 34.0. The molecule has 0 saturated heterocycles. The highest BCUT2D eigenvalue weighted by Gasteiger charge is 2.23. The maximum Gasteiger partial charge on any atom is 0.245 e. The molecule has 0 radical (unpaired) electrons. The van der Waals surface area contributed by atoms with Gasteiger partial charge in [-0.25, -0.2) is 11.6 Å². The highest BCUT2D eigenvalue weighted by molar-refractivity contribution is 8.19. The Morgan fingerprint density at radius 3 is 2.35 bits per heavy atom. The van der Waals surface area contributed by atoms with Crippen molar-refractivity contribution in [3.05, 3.63) is 0 Å². The quantitative estimate of drug-likeness (QED) is 0.285. The Kier molecular flexibility index (Phi) is 9.92. The smallest absolute Gasteiger partial charge is 0.245 e. The van der Waals surface area contributed by atoms with Gasteiger partial charge in [0.1, 0.15) is 6.04 Å². The van der Waals surface area contributed by atoms with Gasteiger partial charge in [-0.2, -0.15) is 0 Å². The van der Waals surface area contributed by atoms with Crippen molar-refractivity contribution < 1.29 is 19.5 Å². The lowest BCUT2D eigenvalue weighted by molar-refractivity contribution is -0.130. The van der Waals surface area contributed by atoms with Crippen LogP contribution >= 0.6 is 11.6 Å². The average Bonchev–Trinajstić information content (AvgIpc) is 2.37. The Labute approximate surface area is 123 Å². The molecule has 114 valence electrons. The third kappa shape index (κ3) is 8.81. The summed E-state index contributed by atoms with van der Waals surface area (Å²) in [6.07, 6.45) is -0.549. The van der Waals surface area contributed by atoms with Gasteiger partial charge < -0.3 is 21.1 Å². The van der Waals surface area contributed by atoms with Gasteiger partial charge in [0.05, 0.1) is 6.10 Å². The Morgan fingerprint density at radius 2 is 1.85 bits per heavy atom. The molecular formula is C11H22BN3O4S. The van der Waals surface area contributed by atoms with Gasteiger partial charge in [-0.1, -0.05) is 0 Å². The first-order valence-electron chi connectivity index (χ1n) is 6.37. The maximum atomic E-state index is 11.7. The van der Waals surface area contributed by atoms with Gasteiger partial charge in [-0.15, -0.1) is 0 Å². The fourth-order valence-electron chi connectivity index (χ4n) is 1.40. The molecule has 0 heterocycles. The summed E-state index contributed by atoms with van der Waals surface area (Å²) in [5, 5.41) is 17.0. The van der Waals surface area contributed by atoms with Gasteiger partial charge >= 0.3 is 0 Å². The molecule has 3 amide bonds. The molecule has 7 nitrogen and oxygen atoms in total. The topological polar surface area (TPSA) is 108 Å². The summed E-state index contributed by atoms with van der Waals surface area (Å²) in [5.74, 6) is -0.183. The number of amides is 3. The molecular weight excluding hydrogens is 281 g/mol. The molecule has 0 aromatic carbocycles. The van der Waals surface area contributed by atoms with E-state index in [1.54, 1.807) is 11.6 Å². The van der Waals surface area contributed by atoms with E-state index in [2.05, 4.69) is 16.0 Å². The van der Waals surface area contributed by atoms with E-state index in [1.807, 2.05) is 7.12 Å². The lowest BCUT2D eigenvalue weighted by atomic mass is 10.1. The first-order valence-corrected chi connectivity index (χ1v) is 7.76. The second-order valence-electron chi connectivity index (χ2n) is 4.30. The molecule has 0 fully saturated rings. The summed E-state index contributed by atoms with van der Waals surface area (Å²) in [7, 11) is 1.92. The van der Waals surface area contributed by atoms with E-state index in [0.717, 1.165) is 5.75 Å². The second kappa shape index (κ2) is 10.6. The standard InChI is InChI=1S/C11H22BN3O4S/c1-7(16)10(15-8(2)17)11(19)14-5-4-13-9(18)3-6-20-12/h7,10,16H,3-6,12H2,1-2H3,(H,13,18)(H,14,19)(H,15,17)/t7-,10+/m1/s1. The van der Waals surface area contributed by atoms with Crippen LogP contribution in [0.4, 0.5) is 0 Å². The van der Waals surface area contributed by atoms with E-state index < -0.39 is 24.0 Å². The van der Waals surface area contributed by atoms with Crippen molar-refractivity contribution in [2.75, 3.05) is 18.8 Å². The summed E-state index contributed by atoms with van der Waals surface area (Å²) in [5.41, 5.74) is 0. The van der Waals surface area contributed by atoms with E-state index in [9.17, 15) is 19.5 Å². The summed E-state index contributed by atoms with van der Waals surface area (Å²) in [6, 6.07) is -0.986. The molecule has 0 aromatic heterocycles. The van der Waals surface area contributed by atoms with Crippen LogP contribution in [0.3, 0.4) is 0 Å².